The van der Waals surface area contributed by atoms with E-state index in [0.717, 1.165) is 12.1 Å². The molecule has 0 aliphatic carbocycles. The zero-order valence-corrected chi connectivity index (χ0v) is 10.0. The fourth-order valence-electron chi connectivity index (χ4n) is 1.75. The first-order chi connectivity index (χ1) is 8.79. The van der Waals surface area contributed by atoms with Gasteiger partial charge in [0.2, 0.25) is 0 Å². The van der Waals surface area contributed by atoms with Gasteiger partial charge in [-0.1, -0.05) is 13.0 Å². The molecule has 1 aliphatic heterocycles. The summed E-state index contributed by atoms with van der Waals surface area (Å²) in [6.07, 6.45) is -4.36. The van der Waals surface area contributed by atoms with Gasteiger partial charge in [0.25, 0.3) is 0 Å². The van der Waals surface area contributed by atoms with Crippen LogP contribution >= 0.6 is 0 Å². The molecule has 2 rings (SSSR count). The summed E-state index contributed by atoms with van der Waals surface area (Å²) < 4.78 is 51.0. The highest BCUT2D eigenvalue weighted by molar-refractivity contribution is 6.04. The first-order valence-electron chi connectivity index (χ1n) is 5.56. The molecule has 1 heterocycles. The second kappa shape index (κ2) is 4.64. The first-order valence-corrected chi connectivity index (χ1v) is 5.56. The summed E-state index contributed by atoms with van der Waals surface area (Å²) in [4.78, 5) is 0. The number of alkyl halides is 3. The molecule has 0 spiro atoms. The van der Waals surface area contributed by atoms with Crippen molar-refractivity contribution < 1.29 is 17.6 Å². The van der Waals surface area contributed by atoms with Crippen LogP contribution < -0.4 is 5.73 Å². The average molecular weight is 273 g/mol. The van der Waals surface area contributed by atoms with Crippen LogP contribution in [0.4, 0.5) is 17.6 Å². The highest BCUT2D eigenvalue weighted by Gasteiger charge is 2.34. The number of nitrogens with two attached hydrogens (primary N) is 1. The minimum atomic E-state index is -4.73. The van der Waals surface area contributed by atoms with Crippen molar-refractivity contribution in [3.8, 4) is 0 Å². The molecule has 102 valence electrons. The molecule has 1 aliphatic rings. The van der Waals surface area contributed by atoms with Gasteiger partial charge in [-0.3, -0.25) is 0 Å². The van der Waals surface area contributed by atoms with Crippen LogP contribution in [-0.4, -0.2) is 11.5 Å². The summed E-state index contributed by atoms with van der Waals surface area (Å²) in [7, 11) is 0. The fraction of sp³-hybridized carbons (Fsp3) is 0.333. The average Bonchev–Trinajstić information content (AvgIpc) is 2.32. The van der Waals surface area contributed by atoms with E-state index in [0.29, 0.717) is 18.0 Å². The van der Waals surface area contributed by atoms with Gasteiger partial charge in [-0.15, -0.1) is 5.10 Å². The van der Waals surface area contributed by atoms with Crippen LogP contribution in [0.3, 0.4) is 0 Å². The number of hydrogen-bond acceptors (Lipinski definition) is 3. The summed E-state index contributed by atoms with van der Waals surface area (Å²) in [5.41, 5.74) is 4.82. The number of amidine groups is 1. The molecule has 0 amide bonds. The van der Waals surface area contributed by atoms with Gasteiger partial charge in [0.05, 0.1) is 11.3 Å². The summed E-state index contributed by atoms with van der Waals surface area (Å²) in [5, 5.41) is 7.46. The standard InChI is InChI=1S/C12H11F4N3/c1-6-4-10(18-19-11(6)17)7-2-3-9(13)8(5-7)12(14,15)16/h2-3,5-6H,4H2,1H3,(H2,17,19). The second-order valence-electron chi connectivity index (χ2n) is 4.37. The van der Waals surface area contributed by atoms with Crippen molar-refractivity contribution in [2.45, 2.75) is 19.5 Å². The number of hydrogen-bond donors (Lipinski definition) is 1. The van der Waals surface area contributed by atoms with Crippen LogP contribution in [0.15, 0.2) is 28.4 Å². The summed E-state index contributed by atoms with van der Waals surface area (Å²) >= 11 is 0. The van der Waals surface area contributed by atoms with E-state index in [1.807, 2.05) is 0 Å². The largest absolute Gasteiger partial charge is 0.419 e. The summed E-state index contributed by atoms with van der Waals surface area (Å²) in [6.45, 7) is 1.79. The Labute approximate surface area is 106 Å². The van der Waals surface area contributed by atoms with E-state index in [9.17, 15) is 17.6 Å². The van der Waals surface area contributed by atoms with Gasteiger partial charge in [0.1, 0.15) is 11.7 Å². The third kappa shape index (κ3) is 2.74. The Kier molecular flexibility index (Phi) is 3.30. The molecule has 0 bridgehead atoms. The van der Waals surface area contributed by atoms with Gasteiger partial charge in [-0.2, -0.15) is 18.3 Å². The third-order valence-corrected chi connectivity index (χ3v) is 2.90. The molecule has 7 heteroatoms. The number of halogens is 4. The molecule has 19 heavy (non-hydrogen) atoms. The highest BCUT2D eigenvalue weighted by atomic mass is 19.4. The maximum Gasteiger partial charge on any atom is 0.419 e. The molecular weight excluding hydrogens is 262 g/mol. The molecule has 1 atom stereocenters. The van der Waals surface area contributed by atoms with Crippen molar-refractivity contribution in [2.24, 2.45) is 21.9 Å². The predicted octanol–water partition coefficient (Wildman–Crippen LogP) is 2.95. The van der Waals surface area contributed by atoms with Crippen molar-refractivity contribution in [1.29, 1.82) is 0 Å². The number of benzene rings is 1. The van der Waals surface area contributed by atoms with Crippen LogP contribution in [0, 0.1) is 11.7 Å². The monoisotopic (exact) mass is 273 g/mol. The Balaban J connectivity index is 2.43. The molecule has 1 unspecified atom stereocenters. The number of nitrogens with zero attached hydrogens (tertiary/aromatic N) is 2. The zero-order valence-electron chi connectivity index (χ0n) is 10.0. The Bertz CT molecular complexity index is 561. The predicted molar refractivity (Wildman–Crippen MR) is 63.3 cm³/mol. The van der Waals surface area contributed by atoms with Crippen LogP contribution in [0.1, 0.15) is 24.5 Å². The van der Waals surface area contributed by atoms with Crippen molar-refractivity contribution >= 4 is 11.5 Å². The normalized spacial score (nSPS) is 19.9. The topological polar surface area (TPSA) is 50.7 Å². The second-order valence-corrected chi connectivity index (χ2v) is 4.37. The summed E-state index contributed by atoms with van der Waals surface area (Å²) in [6, 6.07) is 2.79. The lowest BCUT2D eigenvalue weighted by atomic mass is 9.96. The molecular formula is C12H11F4N3. The van der Waals surface area contributed by atoms with Crippen molar-refractivity contribution in [3.63, 3.8) is 0 Å². The van der Waals surface area contributed by atoms with E-state index in [1.54, 1.807) is 6.92 Å². The fourth-order valence-corrected chi connectivity index (χ4v) is 1.75. The van der Waals surface area contributed by atoms with Crippen LogP contribution in [0.25, 0.3) is 0 Å². The van der Waals surface area contributed by atoms with Crippen molar-refractivity contribution in [2.75, 3.05) is 0 Å². The molecule has 0 saturated heterocycles. The van der Waals surface area contributed by atoms with E-state index >= 15 is 0 Å². The van der Waals surface area contributed by atoms with Crippen molar-refractivity contribution in [3.05, 3.63) is 35.1 Å². The molecule has 0 saturated carbocycles. The minimum absolute atomic E-state index is 0.105. The lowest BCUT2D eigenvalue weighted by Gasteiger charge is -2.17. The zero-order chi connectivity index (χ0) is 14.2. The number of rotatable bonds is 1. The SMILES string of the molecule is CC1CC(c2ccc(F)c(C(F)(F)F)c2)=NN=C1N. The van der Waals surface area contributed by atoms with Crippen LogP contribution in [0.5, 0.6) is 0 Å². The van der Waals surface area contributed by atoms with Gasteiger partial charge in [0.15, 0.2) is 0 Å². The molecule has 1 aromatic rings. The van der Waals surface area contributed by atoms with E-state index in [4.69, 9.17) is 5.73 Å². The Morgan fingerprint density at radius 1 is 1.26 bits per heavy atom. The highest BCUT2D eigenvalue weighted by Crippen LogP contribution is 2.32. The van der Waals surface area contributed by atoms with Crippen LogP contribution in [-0.2, 0) is 6.18 Å². The van der Waals surface area contributed by atoms with Gasteiger partial charge in [-0.25, -0.2) is 4.39 Å². The van der Waals surface area contributed by atoms with E-state index < -0.39 is 17.6 Å². The third-order valence-electron chi connectivity index (χ3n) is 2.90. The summed E-state index contributed by atoms with van der Waals surface area (Å²) in [5.74, 6) is -1.07. The lowest BCUT2D eigenvalue weighted by molar-refractivity contribution is -0.140. The lowest BCUT2D eigenvalue weighted by Crippen LogP contribution is -2.27. The maximum atomic E-state index is 13.2. The van der Waals surface area contributed by atoms with Gasteiger partial charge < -0.3 is 5.73 Å². The minimum Gasteiger partial charge on any atom is -0.385 e. The quantitative estimate of drug-likeness (QED) is 0.786. The van der Waals surface area contributed by atoms with Gasteiger partial charge in [0, 0.05) is 12.3 Å². The molecule has 0 aromatic heterocycles. The van der Waals surface area contributed by atoms with Gasteiger partial charge in [-0.05, 0) is 17.7 Å². The van der Waals surface area contributed by atoms with E-state index in [2.05, 4.69) is 10.2 Å². The Hall–Kier alpha value is -1.92. The molecule has 1 aromatic carbocycles. The maximum absolute atomic E-state index is 13.2. The van der Waals surface area contributed by atoms with Crippen LogP contribution in [0.2, 0.25) is 0 Å². The molecule has 2 N–H and O–H groups in total. The van der Waals surface area contributed by atoms with Gasteiger partial charge >= 0.3 is 6.18 Å². The molecule has 3 nitrogen and oxygen atoms in total. The molecule has 0 radical (unpaired) electrons. The molecule has 0 fully saturated rings. The van der Waals surface area contributed by atoms with E-state index in [1.165, 1.54) is 6.07 Å². The van der Waals surface area contributed by atoms with E-state index in [-0.39, 0.29) is 11.5 Å². The Morgan fingerprint density at radius 2 is 1.95 bits per heavy atom. The smallest absolute Gasteiger partial charge is 0.385 e. The Morgan fingerprint density at radius 3 is 2.53 bits per heavy atom. The van der Waals surface area contributed by atoms with Crippen molar-refractivity contribution in [1.82, 2.24) is 0 Å². The first kappa shape index (κ1) is 13.5.